The Labute approximate surface area is 122 Å². The molecule has 2 rings (SSSR count). The summed E-state index contributed by atoms with van der Waals surface area (Å²) in [6, 6.07) is 11.8. The second-order valence-corrected chi connectivity index (χ2v) is 5.00. The minimum Gasteiger partial charge on any atom is -0.507 e. The van der Waals surface area contributed by atoms with E-state index in [4.69, 9.17) is 11.6 Å². The van der Waals surface area contributed by atoms with Gasteiger partial charge in [-0.1, -0.05) is 17.7 Å². The fourth-order valence-electron chi connectivity index (χ4n) is 1.76. The highest BCUT2D eigenvalue weighted by Crippen LogP contribution is 2.24. The van der Waals surface area contributed by atoms with Crippen LogP contribution in [0.3, 0.4) is 0 Å². The number of aromatic hydroxyl groups is 1. The Balaban J connectivity index is 2.21. The van der Waals surface area contributed by atoms with Crippen molar-refractivity contribution in [1.82, 2.24) is 0 Å². The van der Waals surface area contributed by atoms with Crippen molar-refractivity contribution >= 4 is 28.9 Å². The number of benzene rings is 2. The van der Waals surface area contributed by atoms with Gasteiger partial charge in [0, 0.05) is 30.5 Å². The van der Waals surface area contributed by atoms with Crippen molar-refractivity contribution in [3.63, 3.8) is 0 Å². The van der Waals surface area contributed by atoms with E-state index in [2.05, 4.69) is 5.32 Å². The first kappa shape index (κ1) is 14.2. The molecule has 0 saturated carbocycles. The van der Waals surface area contributed by atoms with E-state index in [0.717, 1.165) is 5.69 Å². The number of rotatable bonds is 3. The van der Waals surface area contributed by atoms with Crippen LogP contribution in [0.2, 0.25) is 5.02 Å². The van der Waals surface area contributed by atoms with Crippen LogP contribution in [0.25, 0.3) is 0 Å². The molecule has 0 spiro atoms. The van der Waals surface area contributed by atoms with Crippen LogP contribution < -0.4 is 10.2 Å². The molecule has 0 heterocycles. The van der Waals surface area contributed by atoms with E-state index in [-0.39, 0.29) is 17.2 Å². The number of carbonyl (C=O) groups excluding carboxylic acids is 1. The molecular weight excluding hydrogens is 276 g/mol. The smallest absolute Gasteiger partial charge is 0.259 e. The van der Waals surface area contributed by atoms with E-state index in [0.29, 0.717) is 10.7 Å². The van der Waals surface area contributed by atoms with Gasteiger partial charge in [0.05, 0.1) is 5.56 Å². The Hall–Kier alpha value is -2.20. The van der Waals surface area contributed by atoms with Gasteiger partial charge >= 0.3 is 0 Å². The van der Waals surface area contributed by atoms with Crippen LogP contribution in [0.5, 0.6) is 5.75 Å². The van der Waals surface area contributed by atoms with Gasteiger partial charge in [0.2, 0.25) is 0 Å². The first-order valence-electron chi connectivity index (χ1n) is 6.04. The number of hydrogen-bond acceptors (Lipinski definition) is 3. The number of hydrogen-bond donors (Lipinski definition) is 2. The third-order valence-electron chi connectivity index (χ3n) is 2.82. The van der Waals surface area contributed by atoms with Crippen molar-refractivity contribution in [3.8, 4) is 5.75 Å². The molecule has 0 aliphatic carbocycles. The van der Waals surface area contributed by atoms with E-state index in [1.165, 1.54) is 12.1 Å². The van der Waals surface area contributed by atoms with Gasteiger partial charge in [-0.2, -0.15) is 0 Å². The lowest BCUT2D eigenvalue weighted by Crippen LogP contribution is -2.13. The maximum Gasteiger partial charge on any atom is 0.259 e. The normalized spacial score (nSPS) is 10.2. The molecule has 104 valence electrons. The fraction of sp³-hybridized carbons (Fsp3) is 0.133. The van der Waals surface area contributed by atoms with Gasteiger partial charge in [-0.25, -0.2) is 0 Å². The van der Waals surface area contributed by atoms with Gasteiger partial charge in [0.25, 0.3) is 5.91 Å². The number of phenols is 1. The fourth-order valence-corrected chi connectivity index (χ4v) is 1.92. The largest absolute Gasteiger partial charge is 0.507 e. The van der Waals surface area contributed by atoms with Crippen molar-refractivity contribution in [3.05, 3.63) is 53.1 Å². The molecule has 0 aromatic heterocycles. The molecule has 0 bridgehead atoms. The zero-order valence-corrected chi connectivity index (χ0v) is 12.0. The van der Waals surface area contributed by atoms with Crippen LogP contribution in [0.4, 0.5) is 11.4 Å². The molecule has 0 fully saturated rings. The summed E-state index contributed by atoms with van der Waals surface area (Å²) >= 11 is 5.74. The van der Waals surface area contributed by atoms with Gasteiger partial charge in [-0.3, -0.25) is 4.79 Å². The van der Waals surface area contributed by atoms with E-state index < -0.39 is 0 Å². The highest BCUT2D eigenvalue weighted by atomic mass is 35.5. The number of nitrogens with one attached hydrogen (secondary N) is 1. The van der Waals surface area contributed by atoms with E-state index in [9.17, 15) is 9.90 Å². The van der Waals surface area contributed by atoms with Gasteiger partial charge in [-0.15, -0.1) is 0 Å². The van der Waals surface area contributed by atoms with Crippen molar-refractivity contribution in [2.24, 2.45) is 0 Å². The summed E-state index contributed by atoms with van der Waals surface area (Å²) in [5.74, 6) is -0.520. The Kier molecular flexibility index (Phi) is 4.15. The van der Waals surface area contributed by atoms with Gasteiger partial charge in [0.1, 0.15) is 5.75 Å². The molecule has 0 aliphatic heterocycles. The molecular formula is C15H15ClN2O2. The van der Waals surface area contributed by atoms with E-state index >= 15 is 0 Å². The molecule has 2 aromatic carbocycles. The van der Waals surface area contributed by atoms with Crippen molar-refractivity contribution < 1.29 is 9.90 Å². The lowest BCUT2D eigenvalue weighted by Gasteiger charge is -2.14. The highest BCUT2D eigenvalue weighted by Gasteiger charge is 2.12. The lowest BCUT2D eigenvalue weighted by molar-refractivity contribution is 0.102. The molecule has 0 aliphatic rings. The van der Waals surface area contributed by atoms with Crippen LogP contribution in [0, 0.1) is 0 Å². The monoisotopic (exact) mass is 290 g/mol. The van der Waals surface area contributed by atoms with Crippen molar-refractivity contribution in [2.75, 3.05) is 24.3 Å². The van der Waals surface area contributed by atoms with Crippen molar-refractivity contribution in [1.29, 1.82) is 0 Å². The maximum absolute atomic E-state index is 12.1. The number of halogens is 1. The Morgan fingerprint density at radius 3 is 2.60 bits per heavy atom. The minimum absolute atomic E-state index is 0.140. The molecule has 0 saturated heterocycles. The Morgan fingerprint density at radius 1 is 1.20 bits per heavy atom. The molecule has 0 unspecified atom stereocenters. The summed E-state index contributed by atoms with van der Waals surface area (Å²) in [6.45, 7) is 0. The number of anilines is 2. The van der Waals surface area contributed by atoms with Gasteiger partial charge in [0.15, 0.2) is 0 Å². The minimum atomic E-state index is -0.380. The zero-order chi connectivity index (χ0) is 14.7. The maximum atomic E-state index is 12.1. The topological polar surface area (TPSA) is 52.6 Å². The van der Waals surface area contributed by atoms with Crippen LogP contribution in [0.15, 0.2) is 42.5 Å². The predicted molar refractivity (Wildman–Crippen MR) is 81.8 cm³/mol. The summed E-state index contributed by atoms with van der Waals surface area (Å²) in [5.41, 5.74) is 1.82. The van der Waals surface area contributed by atoms with Crippen molar-refractivity contribution in [2.45, 2.75) is 0 Å². The molecule has 0 radical (unpaired) electrons. The standard InChI is InChI=1S/C15H15ClN2O2/c1-18(2)12-5-3-4-11(9-12)17-15(20)13-7-6-10(16)8-14(13)19/h3-9,19H,1-2H3,(H,17,20). The quantitative estimate of drug-likeness (QED) is 0.911. The highest BCUT2D eigenvalue weighted by molar-refractivity contribution is 6.31. The summed E-state index contributed by atoms with van der Waals surface area (Å²) in [4.78, 5) is 14.0. The molecule has 4 nitrogen and oxygen atoms in total. The van der Waals surface area contributed by atoms with Crippen LogP contribution >= 0.6 is 11.6 Å². The number of phenolic OH excluding ortho intramolecular Hbond substituents is 1. The summed E-state index contributed by atoms with van der Waals surface area (Å²) in [7, 11) is 3.85. The Bertz CT molecular complexity index is 642. The third kappa shape index (κ3) is 3.22. The molecule has 1 amide bonds. The molecule has 5 heteroatoms. The average Bonchev–Trinajstić information content (AvgIpc) is 2.38. The van der Waals surface area contributed by atoms with E-state index in [1.54, 1.807) is 12.1 Å². The van der Waals surface area contributed by atoms with Crippen LogP contribution in [0.1, 0.15) is 10.4 Å². The predicted octanol–water partition coefficient (Wildman–Crippen LogP) is 3.36. The van der Waals surface area contributed by atoms with Crippen LogP contribution in [-0.4, -0.2) is 25.1 Å². The van der Waals surface area contributed by atoms with Gasteiger partial charge in [-0.05, 0) is 36.4 Å². The molecule has 0 atom stereocenters. The lowest BCUT2D eigenvalue weighted by atomic mass is 10.2. The second kappa shape index (κ2) is 5.84. The van der Waals surface area contributed by atoms with E-state index in [1.807, 2.05) is 37.2 Å². The second-order valence-electron chi connectivity index (χ2n) is 4.56. The first-order chi connectivity index (χ1) is 9.47. The Morgan fingerprint density at radius 2 is 1.95 bits per heavy atom. The van der Waals surface area contributed by atoms with Gasteiger partial charge < -0.3 is 15.3 Å². The number of amides is 1. The number of carbonyl (C=O) groups is 1. The molecule has 20 heavy (non-hydrogen) atoms. The number of nitrogens with zero attached hydrogens (tertiary/aromatic N) is 1. The summed E-state index contributed by atoms with van der Waals surface area (Å²) in [6.07, 6.45) is 0. The third-order valence-corrected chi connectivity index (χ3v) is 3.06. The summed E-state index contributed by atoms with van der Waals surface area (Å²) in [5, 5.41) is 12.9. The summed E-state index contributed by atoms with van der Waals surface area (Å²) < 4.78 is 0. The molecule has 2 N–H and O–H groups in total. The first-order valence-corrected chi connectivity index (χ1v) is 6.42. The van der Waals surface area contributed by atoms with Crippen LogP contribution in [-0.2, 0) is 0 Å². The average molecular weight is 291 g/mol. The SMILES string of the molecule is CN(C)c1cccc(NC(=O)c2ccc(Cl)cc2O)c1. The zero-order valence-electron chi connectivity index (χ0n) is 11.2. The molecule has 2 aromatic rings.